The lowest BCUT2D eigenvalue weighted by Crippen LogP contribution is -2.00. The van der Waals surface area contributed by atoms with Crippen LogP contribution in [0.5, 0.6) is 0 Å². The minimum absolute atomic E-state index is 0.656. The molecular weight excluding hydrogens is 164 g/mol. The van der Waals surface area contributed by atoms with Crippen molar-refractivity contribution >= 4 is 5.69 Å². The van der Waals surface area contributed by atoms with E-state index in [2.05, 4.69) is 9.97 Å². The van der Waals surface area contributed by atoms with Crippen LogP contribution in [-0.2, 0) is 0 Å². The van der Waals surface area contributed by atoms with Crippen LogP contribution in [0.25, 0.3) is 5.69 Å². The summed E-state index contributed by atoms with van der Waals surface area (Å²) in [6.07, 6.45) is 6.97. The molecule has 0 aromatic carbocycles. The molecule has 0 atom stereocenters. The lowest BCUT2D eigenvalue weighted by molar-refractivity contribution is 0.973. The molecule has 0 aliphatic rings. The first kappa shape index (κ1) is 7.79. The zero-order chi connectivity index (χ0) is 9.26. The molecule has 0 fully saturated rings. The molecule has 4 nitrogen and oxygen atoms in total. The molecule has 0 amide bonds. The van der Waals surface area contributed by atoms with Crippen molar-refractivity contribution in [1.29, 1.82) is 0 Å². The summed E-state index contributed by atoms with van der Waals surface area (Å²) in [6.45, 7) is 1.93. The summed E-state index contributed by atoms with van der Waals surface area (Å²) in [7, 11) is 0. The van der Waals surface area contributed by atoms with E-state index in [1.165, 1.54) is 0 Å². The van der Waals surface area contributed by atoms with E-state index < -0.39 is 0 Å². The third kappa shape index (κ3) is 1.26. The number of imidazole rings is 1. The van der Waals surface area contributed by atoms with Crippen molar-refractivity contribution in [2.45, 2.75) is 6.92 Å². The van der Waals surface area contributed by atoms with Gasteiger partial charge < -0.3 is 10.3 Å². The van der Waals surface area contributed by atoms with Gasteiger partial charge >= 0.3 is 0 Å². The molecule has 13 heavy (non-hydrogen) atoms. The summed E-state index contributed by atoms with van der Waals surface area (Å²) < 4.78 is 1.93. The zero-order valence-electron chi connectivity index (χ0n) is 7.31. The van der Waals surface area contributed by atoms with Crippen molar-refractivity contribution in [3.63, 3.8) is 0 Å². The predicted octanol–water partition coefficient (Wildman–Crippen LogP) is 1.16. The van der Waals surface area contributed by atoms with E-state index in [0.717, 1.165) is 11.5 Å². The summed E-state index contributed by atoms with van der Waals surface area (Å²) in [5.74, 6) is 0.915. The maximum atomic E-state index is 5.77. The first-order valence-corrected chi connectivity index (χ1v) is 3.99. The maximum Gasteiger partial charge on any atom is 0.110 e. The van der Waals surface area contributed by atoms with Gasteiger partial charge in [-0.15, -0.1) is 0 Å². The van der Waals surface area contributed by atoms with Crippen molar-refractivity contribution in [2.75, 3.05) is 5.73 Å². The van der Waals surface area contributed by atoms with Crippen LogP contribution >= 0.6 is 0 Å². The summed E-state index contributed by atoms with van der Waals surface area (Å²) >= 11 is 0. The molecule has 0 aliphatic carbocycles. The summed E-state index contributed by atoms with van der Waals surface area (Å²) in [4.78, 5) is 8.05. The largest absolute Gasteiger partial charge is 0.396 e. The SMILES string of the molecule is Cc1nccn1-c1ccncc1N. The van der Waals surface area contributed by atoms with Gasteiger partial charge in [0.25, 0.3) is 0 Å². The molecule has 0 unspecified atom stereocenters. The van der Waals surface area contributed by atoms with Gasteiger partial charge in [0.2, 0.25) is 0 Å². The maximum absolute atomic E-state index is 5.77. The molecule has 2 aromatic heterocycles. The Morgan fingerprint density at radius 2 is 2.23 bits per heavy atom. The number of nitrogens with zero attached hydrogens (tertiary/aromatic N) is 3. The molecule has 2 heterocycles. The van der Waals surface area contributed by atoms with Crippen LogP contribution in [0, 0.1) is 6.92 Å². The number of nitrogen functional groups attached to an aromatic ring is 1. The monoisotopic (exact) mass is 174 g/mol. The van der Waals surface area contributed by atoms with E-state index in [4.69, 9.17) is 5.73 Å². The Labute approximate surface area is 76.1 Å². The van der Waals surface area contributed by atoms with Crippen molar-refractivity contribution in [3.8, 4) is 5.69 Å². The Morgan fingerprint density at radius 3 is 2.85 bits per heavy atom. The van der Waals surface area contributed by atoms with Crippen LogP contribution in [0.3, 0.4) is 0 Å². The second-order valence-corrected chi connectivity index (χ2v) is 2.78. The Kier molecular flexibility index (Phi) is 1.73. The van der Waals surface area contributed by atoms with Gasteiger partial charge in [-0.3, -0.25) is 4.98 Å². The van der Waals surface area contributed by atoms with Crippen LogP contribution in [0.1, 0.15) is 5.82 Å². The molecule has 2 N–H and O–H groups in total. The molecule has 2 aromatic rings. The number of rotatable bonds is 1. The number of pyridine rings is 1. The highest BCUT2D eigenvalue weighted by Crippen LogP contribution is 2.15. The smallest absolute Gasteiger partial charge is 0.110 e. The fourth-order valence-electron chi connectivity index (χ4n) is 1.25. The number of aromatic nitrogens is 3. The van der Waals surface area contributed by atoms with E-state index in [1.807, 2.05) is 23.8 Å². The van der Waals surface area contributed by atoms with Crippen LogP contribution in [0.15, 0.2) is 30.9 Å². The molecule has 0 spiro atoms. The molecule has 4 heteroatoms. The predicted molar refractivity (Wildman–Crippen MR) is 50.5 cm³/mol. The van der Waals surface area contributed by atoms with Crippen LogP contribution in [0.4, 0.5) is 5.69 Å². The van der Waals surface area contributed by atoms with E-state index >= 15 is 0 Å². The quantitative estimate of drug-likeness (QED) is 0.705. The Hall–Kier alpha value is -1.84. The summed E-state index contributed by atoms with van der Waals surface area (Å²) in [5, 5.41) is 0. The second-order valence-electron chi connectivity index (χ2n) is 2.78. The lowest BCUT2D eigenvalue weighted by Gasteiger charge is -2.06. The summed E-state index contributed by atoms with van der Waals surface area (Å²) in [6, 6.07) is 1.87. The number of hydrogen-bond acceptors (Lipinski definition) is 3. The van der Waals surface area contributed by atoms with Gasteiger partial charge in [0.1, 0.15) is 5.82 Å². The number of hydrogen-bond donors (Lipinski definition) is 1. The molecule has 0 saturated carbocycles. The molecule has 0 radical (unpaired) electrons. The van der Waals surface area contributed by atoms with Gasteiger partial charge in [-0.2, -0.15) is 0 Å². The van der Waals surface area contributed by atoms with Gasteiger partial charge in [-0.1, -0.05) is 0 Å². The topological polar surface area (TPSA) is 56.7 Å². The van der Waals surface area contributed by atoms with Crippen molar-refractivity contribution in [3.05, 3.63) is 36.7 Å². The van der Waals surface area contributed by atoms with Crippen LogP contribution in [0.2, 0.25) is 0 Å². The molecular formula is C9H10N4. The number of nitrogens with two attached hydrogens (primary N) is 1. The molecule has 2 rings (SSSR count). The first-order valence-electron chi connectivity index (χ1n) is 3.99. The fraction of sp³-hybridized carbons (Fsp3) is 0.111. The Bertz CT molecular complexity index is 419. The average molecular weight is 174 g/mol. The third-order valence-corrected chi connectivity index (χ3v) is 1.91. The van der Waals surface area contributed by atoms with Crippen LogP contribution in [-0.4, -0.2) is 14.5 Å². The van der Waals surface area contributed by atoms with Gasteiger partial charge in [-0.05, 0) is 13.0 Å². The number of anilines is 1. The molecule has 66 valence electrons. The van der Waals surface area contributed by atoms with Gasteiger partial charge in [0, 0.05) is 18.6 Å². The minimum Gasteiger partial charge on any atom is -0.396 e. The molecule has 0 aliphatic heterocycles. The van der Waals surface area contributed by atoms with E-state index in [9.17, 15) is 0 Å². The normalized spacial score (nSPS) is 10.2. The van der Waals surface area contributed by atoms with E-state index in [1.54, 1.807) is 18.6 Å². The van der Waals surface area contributed by atoms with Crippen molar-refractivity contribution < 1.29 is 0 Å². The van der Waals surface area contributed by atoms with Gasteiger partial charge in [0.05, 0.1) is 17.6 Å². The van der Waals surface area contributed by atoms with Gasteiger partial charge in [-0.25, -0.2) is 4.98 Å². The van der Waals surface area contributed by atoms with Crippen molar-refractivity contribution in [2.24, 2.45) is 0 Å². The first-order chi connectivity index (χ1) is 6.29. The fourth-order valence-corrected chi connectivity index (χ4v) is 1.25. The third-order valence-electron chi connectivity index (χ3n) is 1.91. The lowest BCUT2D eigenvalue weighted by atomic mass is 10.3. The van der Waals surface area contributed by atoms with E-state index in [0.29, 0.717) is 5.69 Å². The Morgan fingerprint density at radius 1 is 1.38 bits per heavy atom. The van der Waals surface area contributed by atoms with Gasteiger partial charge in [0.15, 0.2) is 0 Å². The second kappa shape index (κ2) is 2.90. The highest BCUT2D eigenvalue weighted by atomic mass is 15.1. The minimum atomic E-state index is 0.656. The standard InChI is InChI=1S/C9H10N4/c1-7-12-4-5-13(7)9-2-3-11-6-8(9)10/h2-6H,10H2,1H3. The molecule has 0 bridgehead atoms. The highest BCUT2D eigenvalue weighted by molar-refractivity contribution is 5.55. The highest BCUT2D eigenvalue weighted by Gasteiger charge is 2.02. The Balaban J connectivity index is 2.59. The summed E-state index contributed by atoms with van der Waals surface area (Å²) in [5.41, 5.74) is 7.35. The zero-order valence-corrected chi connectivity index (χ0v) is 7.31. The van der Waals surface area contributed by atoms with Crippen molar-refractivity contribution in [1.82, 2.24) is 14.5 Å². The molecule has 0 saturated heterocycles. The average Bonchev–Trinajstić information content (AvgIpc) is 2.52. The number of aryl methyl sites for hydroxylation is 1. The van der Waals surface area contributed by atoms with E-state index in [-0.39, 0.29) is 0 Å². The van der Waals surface area contributed by atoms with Crippen LogP contribution < -0.4 is 5.73 Å².